The van der Waals surface area contributed by atoms with Crippen LogP contribution in [0.4, 0.5) is 0 Å². The van der Waals surface area contributed by atoms with Gasteiger partial charge in [0.25, 0.3) is 0 Å². The first kappa shape index (κ1) is 12.4. The van der Waals surface area contributed by atoms with Crippen molar-refractivity contribution in [2.75, 3.05) is 13.1 Å². The van der Waals surface area contributed by atoms with Gasteiger partial charge in [-0.25, -0.2) is 4.98 Å². The summed E-state index contributed by atoms with van der Waals surface area (Å²) in [5, 5.41) is 9.37. The first-order valence-corrected chi connectivity index (χ1v) is 6.04. The van der Waals surface area contributed by atoms with E-state index >= 15 is 0 Å². The minimum Gasteiger partial charge on any atom is -0.481 e. The first-order chi connectivity index (χ1) is 8.06. The smallest absolute Gasteiger partial charge is 0.303 e. The van der Waals surface area contributed by atoms with E-state index in [1.165, 1.54) is 0 Å². The van der Waals surface area contributed by atoms with Crippen LogP contribution in [0.15, 0.2) is 6.20 Å². The minimum atomic E-state index is -0.711. The van der Waals surface area contributed by atoms with Crippen LogP contribution in [0.5, 0.6) is 0 Å². The van der Waals surface area contributed by atoms with Gasteiger partial charge in [0.05, 0.1) is 12.7 Å². The lowest BCUT2D eigenvalue weighted by molar-refractivity contribution is -0.138. The van der Waals surface area contributed by atoms with Crippen LogP contribution in [0.2, 0.25) is 5.15 Å². The number of carboxylic acid groups (broad SMARTS) is 1. The minimum absolute atomic E-state index is 0.262. The Balaban J connectivity index is 1.89. The third kappa shape index (κ3) is 2.98. The SMILES string of the molecule is Cn1c(Cl)cnc1CN1CCC(CC(=O)O)C1. The molecular weight excluding hydrogens is 242 g/mol. The molecule has 0 saturated carbocycles. The number of hydrogen-bond donors (Lipinski definition) is 1. The second-order valence-electron chi connectivity index (χ2n) is 4.54. The van der Waals surface area contributed by atoms with Crippen molar-refractivity contribution in [2.24, 2.45) is 13.0 Å². The molecule has 5 nitrogen and oxygen atoms in total. The third-order valence-corrected chi connectivity index (χ3v) is 3.58. The molecule has 0 amide bonds. The maximum absolute atomic E-state index is 10.6. The Morgan fingerprint density at radius 2 is 2.47 bits per heavy atom. The summed E-state index contributed by atoms with van der Waals surface area (Å²) in [6, 6.07) is 0. The fourth-order valence-corrected chi connectivity index (χ4v) is 2.39. The summed E-state index contributed by atoms with van der Waals surface area (Å²) in [6.07, 6.45) is 2.85. The van der Waals surface area contributed by atoms with Gasteiger partial charge >= 0.3 is 5.97 Å². The molecule has 1 aliphatic rings. The Bertz CT molecular complexity index is 419. The lowest BCUT2D eigenvalue weighted by atomic mass is 10.1. The third-order valence-electron chi connectivity index (χ3n) is 3.23. The normalized spacial score (nSPS) is 20.9. The lowest BCUT2D eigenvalue weighted by Crippen LogP contribution is -2.22. The van der Waals surface area contributed by atoms with E-state index < -0.39 is 5.97 Å². The molecule has 0 spiro atoms. The fourth-order valence-electron chi connectivity index (χ4n) is 2.24. The highest BCUT2D eigenvalue weighted by Gasteiger charge is 2.25. The molecule has 94 valence electrons. The molecule has 6 heteroatoms. The molecule has 1 aromatic rings. The molecule has 1 N–H and O–H groups in total. The summed E-state index contributed by atoms with van der Waals surface area (Å²) in [6.45, 7) is 2.50. The van der Waals surface area contributed by atoms with Gasteiger partial charge in [-0.3, -0.25) is 9.69 Å². The van der Waals surface area contributed by atoms with Crippen LogP contribution in [0.3, 0.4) is 0 Å². The quantitative estimate of drug-likeness (QED) is 0.885. The number of imidazole rings is 1. The van der Waals surface area contributed by atoms with Gasteiger partial charge in [0.1, 0.15) is 11.0 Å². The maximum atomic E-state index is 10.6. The number of likely N-dealkylation sites (tertiary alicyclic amines) is 1. The molecule has 0 radical (unpaired) electrons. The van der Waals surface area contributed by atoms with E-state index in [4.69, 9.17) is 16.7 Å². The Hall–Kier alpha value is -1.07. The molecular formula is C11H16ClN3O2. The van der Waals surface area contributed by atoms with Gasteiger partial charge < -0.3 is 9.67 Å². The Kier molecular flexibility index (Phi) is 3.69. The van der Waals surface area contributed by atoms with Crippen molar-refractivity contribution in [3.8, 4) is 0 Å². The standard InChI is InChI=1S/C11H16ClN3O2/c1-14-9(12)5-13-10(14)7-15-3-2-8(6-15)4-11(16)17/h5,8H,2-4,6-7H2,1H3,(H,16,17). The van der Waals surface area contributed by atoms with Crippen LogP contribution < -0.4 is 0 Å². The number of halogens is 1. The fraction of sp³-hybridized carbons (Fsp3) is 0.636. The van der Waals surface area contributed by atoms with Crippen LogP contribution in [0.25, 0.3) is 0 Å². The van der Waals surface area contributed by atoms with E-state index in [9.17, 15) is 4.79 Å². The Morgan fingerprint density at radius 3 is 3.06 bits per heavy atom. The van der Waals surface area contributed by atoms with Crippen molar-refractivity contribution < 1.29 is 9.90 Å². The number of carboxylic acids is 1. The van der Waals surface area contributed by atoms with Crippen molar-refractivity contribution in [2.45, 2.75) is 19.4 Å². The first-order valence-electron chi connectivity index (χ1n) is 5.66. The number of aliphatic carboxylic acids is 1. The molecule has 1 saturated heterocycles. The molecule has 2 rings (SSSR count). The van der Waals surface area contributed by atoms with Gasteiger partial charge in [-0.15, -0.1) is 0 Å². The zero-order valence-corrected chi connectivity index (χ0v) is 10.5. The zero-order valence-electron chi connectivity index (χ0n) is 9.77. The molecule has 0 aliphatic carbocycles. The van der Waals surface area contributed by atoms with Gasteiger partial charge in [0, 0.05) is 20.0 Å². The van der Waals surface area contributed by atoms with E-state index in [0.717, 1.165) is 31.9 Å². The molecule has 1 aliphatic heterocycles. The van der Waals surface area contributed by atoms with Crippen LogP contribution in [-0.4, -0.2) is 38.6 Å². The molecule has 1 aromatic heterocycles. The second-order valence-corrected chi connectivity index (χ2v) is 4.93. The summed E-state index contributed by atoms with van der Waals surface area (Å²) in [5.41, 5.74) is 0. The number of hydrogen-bond acceptors (Lipinski definition) is 3. The van der Waals surface area contributed by atoms with Gasteiger partial charge in [0.15, 0.2) is 0 Å². The highest BCUT2D eigenvalue weighted by molar-refractivity contribution is 6.29. The predicted molar refractivity (Wildman–Crippen MR) is 63.9 cm³/mol. The van der Waals surface area contributed by atoms with Crippen LogP contribution in [0.1, 0.15) is 18.7 Å². The Labute approximate surface area is 105 Å². The molecule has 17 heavy (non-hydrogen) atoms. The summed E-state index contributed by atoms with van der Waals surface area (Å²) < 4.78 is 1.85. The van der Waals surface area contributed by atoms with E-state index in [1.54, 1.807) is 6.20 Å². The van der Waals surface area contributed by atoms with Gasteiger partial charge in [0.2, 0.25) is 0 Å². The largest absolute Gasteiger partial charge is 0.481 e. The van der Waals surface area contributed by atoms with Crippen molar-refractivity contribution >= 4 is 17.6 Å². The molecule has 1 atom stereocenters. The average molecular weight is 258 g/mol. The molecule has 1 fully saturated rings. The van der Waals surface area contributed by atoms with E-state index in [-0.39, 0.29) is 12.3 Å². The van der Waals surface area contributed by atoms with Crippen LogP contribution in [-0.2, 0) is 18.4 Å². The monoisotopic (exact) mass is 257 g/mol. The van der Waals surface area contributed by atoms with Crippen molar-refractivity contribution in [1.82, 2.24) is 14.5 Å². The number of rotatable bonds is 4. The van der Waals surface area contributed by atoms with Crippen molar-refractivity contribution in [3.63, 3.8) is 0 Å². The van der Waals surface area contributed by atoms with Crippen molar-refractivity contribution in [3.05, 3.63) is 17.2 Å². The molecule has 0 bridgehead atoms. The van der Waals surface area contributed by atoms with Crippen molar-refractivity contribution in [1.29, 1.82) is 0 Å². The number of carbonyl (C=O) groups is 1. The van der Waals surface area contributed by atoms with Crippen LogP contribution in [0, 0.1) is 5.92 Å². The summed E-state index contributed by atoms with van der Waals surface area (Å²) in [5.74, 6) is 0.478. The van der Waals surface area contributed by atoms with E-state index in [0.29, 0.717) is 5.15 Å². The van der Waals surface area contributed by atoms with Crippen LogP contribution >= 0.6 is 11.6 Å². The molecule has 1 unspecified atom stereocenters. The lowest BCUT2D eigenvalue weighted by Gasteiger charge is -2.15. The average Bonchev–Trinajstić information content (AvgIpc) is 2.80. The topological polar surface area (TPSA) is 58.4 Å². The van der Waals surface area contributed by atoms with Gasteiger partial charge in [-0.1, -0.05) is 11.6 Å². The number of nitrogens with zero attached hydrogens (tertiary/aromatic N) is 3. The van der Waals surface area contributed by atoms with Gasteiger partial charge in [-0.05, 0) is 18.9 Å². The summed E-state index contributed by atoms with van der Waals surface area (Å²) in [4.78, 5) is 17.1. The predicted octanol–water partition coefficient (Wildman–Crippen LogP) is 1.37. The second kappa shape index (κ2) is 5.06. The molecule has 2 heterocycles. The van der Waals surface area contributed by atoms with E-state index in [2.05, 4.69) is 9.88 Å². The highest BCUT2D eigenvalue weighted by atomic mass is 35.5. The Morgan fingerprint density at radius 1 is 1.71 bits per heavy atom. The summed E-state index contributed by atoms with van der Waals surface area (Å²) in [7, 11) is 1.88. The van der Waals surface area contributed by atoms with E-state index in [1.807, 2.05) is 11.6 Å². The summed E-state index contributed by atoms with van der Waals surface area (Å²) >= 11 is 5.92. The highest BCUT2D eigenvalue weighted by Crippen LogP contribution is 2.21. The van der Waals surface area contributed by atoms with Gasteiger partial charge in [-0.2, -0.15) is 0 Å². The maximum Gasteiger partial charge on any atom is 0.303 e. The number of aromatic nitrogens is 2. The zero-order chi connectivity index (χ0) is 12.4. The molecule has 0 aromatic carbocycles.